The summed E-state index contributed by atoms with van der Waals surface area (Å²) in [6.07, 6.45) is 2.05. The van der Waals surface area contributed by atoms with Gasteiger partial charge in [-0.25, -0.2) is 0 Å². The number of hydrogen-bond donors (Lipinski definition) is 3. The third-order valence-electron chi connectivity index (χ3n) is 6.39. The third kappa shape index (κ3) is 6.25. The van der Waals surface area contributed by atoms with Gasteiger partial charge in [0.15, 0.2) is 0 Å². The molecule has 1 heterocycles. The van der Waals surface area contributed by atoms with Crippen molar-refractivity contribution < 1.29 is 15.1 Å². The Hall–Kier alpha value is -3.71. The van der Waals surface area contributed by atoms with Crippen molar-refractivity contribution in [3.05, 3.63) is 105 Å². The molecule has 0 fully saturated rings. The number of carbonyl (C=O) groups excluding carboxylic acids is 1. The fraction of sp³-hybridized carbons (Fsp3) is 0.321. The third-order valence-corrected chi connectivity index (χ3v) is 6.39. The number of aliphatic hydroxyl groups excluding tert-OH is 1. The van der Waals surface area contributed by atoms with Crippen LogP contribution in [0.25, 0.3) is 0 Å². The Morgan fingerprint density at radius 2 is 1.69 bits per heavy atom. The van der Waals surface area contributed by atoms with E-state index in [1.165, 1.54) is 10.6 Å². The summed E-state index contributed by atoms with van der Waals surface area (Å²) >= 11 is 0. The molecule has 7 heteroatoms. The first-order valence-corrected chi connectivity index (χ1v) is 11.7. The molecule has 1 unspecified atom stereocenters. The van der Waals surface area contributed by atoms with Gasteiger partial charge >= 0.3 is 0 Å². The summed E-state index contributed by atoms with van der Waals surface area (Å²) in [4.78, 5) is 24.5. The molecule has 0 aliphatic carbocycles. The van der Waals surface area contributed by atoms with Crippen LogP contribution < -0.4 is 10.9 Å². The van der Waals surface area contributed by atoms with E-state index >= 15 is 0 Å². The lowest BCUT2D eigenvalue weighted by Gasteiger charge is -2.22. The lowest BCUT2D eigenvalue weighted by molar-refractivity contribution is 0.0897. The van der Waals surface area contributed by atoms with Crippen molar-refractivity contribution in [1.29, 1.82) is 0 Å². The largest absolute Gasteiger partial charge is 0.411 e. The maximum absolute atomic E-state index is 12.7. The number of nitrogens with one attached hydrogen (secondary N) is 1. The predicted molar refractivity (Wildman–Crippen MR) is 137 cm³/mol. The highest BCUT2D eigenvalue weighted by atomic mass is 16.4. The fourth-order valence-electron chi connectivity index (χ4n) is 4.10. The van der Waals surface area contributed by atoms with Gasteiger partial charge in [-0.05, 0) is 47.7 Å². The summed E-state index contributed by atoms with van der Waals surface area (Å²) in [6, 6.07) is 18.2. The SMILES string of the molecule is Cc1ccccc1C(C/C(=N\O)c1ccc(=O)n(C)c1)c1ccc(C(=O)N[C@H](CO)C(C)C)cc1. The van der Waals surface area contributed by atoms with E-state index in [-0.39, 0.29) is 36.0 Å². The number of amides is 1. The van der Waals surface area contributed by atoms with Crippen LogP contribution >= 0.6 is 0 Å². The molecule has 2 atom stereocenters. The molecule has 0 aliphatic rings. The van der Waals surface area contributed by atoms with E-state index in [9.17, 15) is 19.9 Å². The Morgan fingerprint density at radius 3 is 2.26 bits per heavy atom. The number of carbonyl (C=O) groups is 1. The van der Waals surface area contributed by atoms with Gasteiger partial charge in [0, 0.05) is 42.8 Å². The summed E-state index contributed by atoms with van der Waals surface area (Å²) in [5, 5.41) is 25.8. The summed E-state index contributed by atoms with van der Waals surface area (Å²) in [7, 11) is 1.66. The molecule has 0 saturated heterocycles. The normalized spacial score (nSPS) is 13.5. The Labute approximate surface area is 205 Å². The van der Waals surface area contributed by atoms with Gasteiger partial charge in [0.2, 0.25) is 5.56 Å². The number of aliphatic hydroxyl groups is 1. The van der Waals surface area contributed by atoms with Gasteiger partial charge in [-0.1, -0.05) is 55.4 Å². The van der Waals surface area contributed by atoms with Crippen LogP contribution in [0.3, 0.4) is 0 Å². The number of aromatic nitrogens is 1. The number of pyridine rings is 1. The minimum Gasteiger partial charge on any atom is -0.411 e. The monoisotopic (exact) mass is 475 g/mol. The zero-order valence-corrected chi connectivity index (χ0v) is 20.6. The zero-order chi connectivity index (χ0) is 25.5. The van der Waals surface area contributed by atoms with Crippen molar-refractivity contribution in [3.63, 3.8) is 0 Å². The number of hydrogen-bond acceptors (Lipinski definition) is 5. The maximum atomic E-state index is 12.7. The number of nitrogens with zero attached hydrogens (tertiary/aromatic N) is 2. The van der Waals surface area contributed by atoms with E-state index in [4.69, 9.17) is 0 Å². The number of oxime groups is 1. The molecular formula is C28H33N3O4. The molecule has 0 saturated carbocycles. The van der Waals surface area contributed by atoms with Gasteiger partial charge in [-0.3, -0.25) is 9.59 Å². The maximum Gasteiger partial charge on any atom is 0.251 e. The number of aryl methyl sites for hydroxylation is 2. The minimum absolute atomic E-state index is 0.113. The highest BCUT2D eigenvalue weighted by Crippen LogP contribution is 2.32. The molecule has 7 nitrogen and oxygen atoms in total. The topological polar surface area (TPSA) is 104 Å². The molecule has 184 valence electrons. The average molecular weight is 476 g/mol. The van der Waals surface area contributed by atoms with Crippen molar-refractivity contribution in [3.8, 4) is 0 Å². The lowest BCUT2D eigenvalue weighted by Crippen LogP contribution is -2.41. The van der Waals surface area contributed by atoms with Crippen molar-refractivity contribution in [2.45, 2.75) is 39.2 Å². The van der Waals surface area contributed by atoms with Crippen LogP contribution in [-0.4, -0.2) is 39.1 Å². The predicted octanol–water partition coefficient (Wildman–Crippen LogP) is 3.84. The van der Waals surface area contributed by atoms with E-state index in [1.807, 2.05) is 57.2 Å². The van der Waals surface area contributed by atoms with E-state index in [0.29, 0.717) is 23.3 Å². The molecule has 35 heavy (non-hydrogen) atoms. The Kier molecular flexibility index (Phi) is 8.60. The highest BCUT2D eigenvalue weighted by Gasteiger charge is 2.22. The summed E-state index contributed by atoms with van der Waals surface area (Å²) in [6.45, 7) is 5.81. The molecule has 1 amide bonds. The van der Waals surface area contributed by atoms with Crippen LogP contribution in [0, 0.1) is 12.8 Å². The van der Waals surface area contributed by atoms with Crippen LogP contribution in [0.15, 0.2) is 76.8 Å². The van der Waals surface area contributed by atoms with Gasteiger partial charge in [-0.15, -0.1) is 0 Å². The molecule has 3 aromatic rings. The molecule has 3 rings (SSSR count). The first kappa shape index (κ1) is 25.9. The summed E-state index contributed by atoms with van der Waals surface area (Å²) in [5.41, 5.74) is 4.62. The molecule has 1 aromatic heterocycles. The van der Waals surface area contributed by atoms with Crippen LogP contribution in [0.2, 0.25) is 0 Å². The van der Waals surface area contributed by atoms with Crippen LogP contribution in [0.4, 0.5) is 0 Å². The Bertz CT molecular complexity index is 1250. The molecular weight excluding hydrogens is 442 g/mol. The molecule has 2 aromatic carbocycles. The standard InChI is InChI=1S/C28H33N3O4/c1-18(2)26(17-32)29-28(34)21-11-9-20(10-12-21)24(23-8-6-5-7-19(23)3)15-25(30-35)22-13-14-27(33)31(4)16-22/h5-14,16,18,24,26,32,35H,15,17H2,1-4H3,(H,29,34)/b30-25+/t24?,26-/m1/s1. The van der Waals surface area contributed by atoms with Gasteiger partial charge < -0.3 is 20.2 Å². The van der Waals surface area contributed by atoms with Crippen LogP contribution in [0.1, 0.15) is 58.8 Å². The van der Waals surface area contributed by atoms with E-state index < -0.39 is 0 Å². The average Bonchev–Trinajstić information content (AvgIpc) is 2.85. The second-order valence-corrected chi connectivity index (χ2v) is 9.16. The first-order valence-electron chi connectivity index (χ1n) is 11.7. The van der Waals surface area contributed by atoms with Crippen molar-refractivity contribution in [2.75, 3.05) is 6.61 Å². The Balaban J connectivity index is 1.95. The second kappa shape index (κ2) is 11.6. The Morgan fingerprint density at radius 1 is 1.03 bits per heavy atom. The number of rotatable bonds is 9. The second-order valence-electron chi connectivity index (χ2n) is 9.16. The fourth-order valence-corrected chi connectivity index (χ4v) is 4.10. The van der Waals surface area contributed by atoms with Gasteiger partial charge in [0.1, 0.15) is 0 Å². The van der Waals surface area contributed by atoms with E-state index in [0.717, 1.165) is 16.7 Å². The smallest absolute Gasteiger partial charge is 0.251 e. The van der Waals surface area contributed by atoms with Gasteiger partial charge in [-0.2, -0.15) is 0 Å². The van der Waals surface area contributed by atoms with Gasteiger partial charge in [0.05, 0.1) is 18.4 Å². The molecule has 3 N–H and O–H groups in total. The quantitative estimate of drug-likeness (QED) is 0.248. The molecule has 0 bridgehead atoms. The summed E-state index contributed by atoms with van der Waals surface area (Å²) < 4.78 is 1.45. The van der Waals surface area contributed by atoms with Crippen molar-refractivity contribution >= 4 is 11.6 Å². The molecule has 0 radical (unpaired) electrons. The number of benzene rings is 2. The lowest BCUT2D eigenvalue weighted by atomic mass is 9.83. The van der Waals surface area contributed by atoms with E-state index in [2.05, 4.69) is 10.5 Å². The van der Waals surface area contributed by atoms with Crippen LogP contribution in [-0.2, 0) is 7.05 Å². The first-order chi connectivity index (χ1) is 16.7. The molecule has 0 aliphatic heterocycles. The van der Waals surface area contributed by atoms with Crippen molar-refractivity contribution in [1.82, 2.24) is 9.88 Å². The van der Waals surface area contributed by atoms with Crippen LogP contribution in [0.5, 0.6) is 0 Å². The molecule has 0 spiro atoms. The summed E-state index contributed by atoms with van der Waals surface area (Å²) in [5.74, 6) is -0.265. The van der Waals surface area contributed by atoms with Crippen molar-refractivity contribution in [2.24, 2.45) is 18.1 Å². The zero-order valence-electron chi connectivity index (χ0n) is 20.6. The van der Waals surface area contributed by atoms with Gasteiger partial charge in [0.25, 0.3) is 5.91 Å². The highest BCUT2D eigenvalue weighted by molar-refractivity contribution is 6.00. The minimum atomic E-state index is -0.313. The van der Waals surface area contributed by atoms with E-state index in [1.54, 1.807) is 31.4 Å².